The molecule has 1 aromatic carbocycles. The number of benzene rings is 1. The monoisotopic (exact) mass is 254 g/mol. The Hall–Kier alpha value is -1.13. The SMILES string of the molecule is ClC1CNCCN1c1cccc2c1OCCO2. The van der Waals surface area contributed by atoms with Crippen LogP contribution in [0.25, 0.3) is 0 Å². The number of fused-ring (bicyclic) bond motifs is 1. The fraction of sp³-hybridized carbons (Fsp3) is 0.500. The Labute approximate surface area is 105 Å². The minimum atomic E-state index is -0.0409. The van der Waals surface area contributed by atoms with Crippen LogP contribution in [0.4, 0.5) is 5.69 Å². The molecule has 2 aliphatic rings. The van der Waals surface area contributed by atoms with Gasteiger partial charge in [0.05, 0.1) is 5.69 Å². The van der Waals surface area contributed by atoms with Crippen molar-refractivity contribution in [2.24, 2.45) is 0 Å². The number of alkyl halides is 1. The lowest BCUT2D eigenvalue weighted by molar-refractivity contribution is 0.172. The largest absolute Gasteiger partial charge is 0.486 e. The predicted octanol–water partition coefficient (Wildman–Crippen LogP) is 1.43. The van der Waals surface area contributed by atoms with Crippen molar-refractivity contribution in [3.05, 3.63) is 18.2 Å². The first kappa shape index (κ1) is 11.0. The molecule has 0 amide bonds. The molecule has 92 valence electrons. The number of nitrogens with zero attached hydrogens (tertiary/aromatic N) is 1. The third-order valence-electron chi connectivity index (χ3n) is 3.04. The average Bonchev–Trinajstić information content (AvgIpc) is 2.39. The molecule has 2 heterocycles. The third kappa shape index (κ3) is 2.03. The summed E-state index contributed by atoms with van der Waals surface area (Å²) in [6.45, 7) is 3.82. The molecule has 0 spiro atoms. The smallest absolute Gasteiger partial charge is 0.184 e. The molecule has 5 heteroatoms. The Morgan fingerprint density at radius 1 is 1.29 bits per heavy atom. The average molecular weight is 255 g/mol. The van der Waals surface area contributed by atoms with Crippen LogP contribution in [0, 0.1) is 0 Å². The molecule has 0 saturated carbocycles. The Morgan fingerprint density at radius 3 is 3.06 bits per heavy atom. The fourth-order valence-electron chi connectivity index (χ4n) is 2.23. The van der Waals surface area contributed by atoms with Gasteiger partial charge in [0.2, 0.25) is 0 Å². The molecule has 1 aromatic rings. The van der Waals surface area contributed by atoms with Crippen molar-refractivity contribution >= 4 is 17.3 Å². The van der Waals surface area contributed by atoms with Gasteiger partial charge in [-0.25, -0.2) is 0 Å². The summed E-state index contributed by atoms with van der Waals surface area (Å²) in [5, 5.41) is 3.27. The second-order valence-electron chi connectivity index (χ2n) is 4.13. The van der Waals surface area contributed by atoms with E-state index in [4.69, 9.17) is 21.1 Å². The highest BCUT2D eigenvalue weighted by molar-refractivity contribution is 6.22. The van der Waals surface area contributed by atoms with E-state index < -0.39 is 0 Å². The van der Waals surface area contributed by atoms with Gasteiger partial charge in [-0.2, -0.15) is 0 Å². The lowest BCUT2D eigenvalue weighted by atomic mass is 10.2. The van der Waals surface area contributed by atoms with Gasteiger partial charge in [-0.1, -0.05) is 17.7 Å². The molecular formula is C12H15ClN2O2. The van der Waals surface area contributed by atoms with E-state index in [2.05, 4.69) is 10.2 Å². The summed E-state index contributed by atoms with van der Waals surface area (Å²) < 4.78 is 11.3. The van der Waals surface area contributed by atoms with Gasteiger partial charge in [0, 0.05) is 19.6 Å². The zero-order valence-electron chi connectivity index (χ0n) is 9.49. The fourth-order valence-corrected chi connectivity index (χ4v) is 2.54. The lowest BCUT2D eigenvalue weighted by Gasteiger charge is -2.36. The Balaban J connectivity index is 1.96. The third-order valence-corrected chi connectivity index (χ3v) is 3.43. The maximum Gasteiger partial charge on any atom is 0.184 e. The van der Waals surface area contributed by atoms with E-state index in [-0.39, 0.29) is 5.50 Å². The molecule has 4 nitrogen and oxygen atoms in total. The molecule has 0 bridgehead atoms. The molecular weight excluding hydrogens is 240 g/mol. The number of hydrogen-bond acceptors (Lipinski definition) is 4. The van der Waals surface area contributed by atoms with E-state index in [1.54, 1.807) is 0 Å². The van der Waals surface area contributed by atoms with Gasteiger partial charge in [0.25, 0.3) is 0 Å². The number of para-hydroxylation sites is 1. The first-order chi connectivity index (χ1) is 8.36. The Kier molecular flexibility index (Phi) is 2.99. The van der Waals surface area contributed by atoms with Crippen LogP contribution in [0.5, 0.6) is 11.5 Å². The van der Waals surface area contributed by atoms with Crippen LogP contribution in [0.3, 0.4) is 0 Å². The molecule has 0 radical (unpaired) electrons. The van der Waals surface area contributed by atoms with Crippen molar-refractivity contribution in [1.29, 1.82) is 0 Å². The van der Waals surface area contributed by atoms with E-state index in [0.717, 1.165) is 36.8 Å². The van der Waals surface area contributed by atoms with Crippen molar-refractivity contribution in [2.45, 2.75) is 5.50 Å². The molecule has 3 rings (SSSR count). The van der Waals surface area contributed by atoms with Crippen LogP contribution in [0.1, 0.15) is 0 Å². The van der Waals surface area contributed by atoms with Gasteiger partial charge in [0.1, 0.15) is 18.7 Å². The number of piperazine rings is 1. The summed E-state index contributed by atoms with van der Waals surface area (Å²) in [5.41, 5.74) is 0.990. The first-order valence-electron chi connectivity index (χ1n) is 5.86. The number of rotatable bonds is 1. The minimum Gasteiger partial charge on any atom is -0.486 e. The Morgan fingerprint density at radius 2 is 2.18 bits per heavy atom. The summed E-state index contributed by atoms with van der Waals surface area (Å²) in [6.07, 6.45) is 0. The summed E-state index contributed by atoms with van der Waals surface area (Å²) >= 11 is 6.33. The van der Waals surface area contributed by atoms with E-state index in [1.165, 1.54) is 0 Å². The molecule has 17 heavy (non-hydrogen) atoms. The number of nitrogens with one attached hydrogen (secondary N) is 1. The molecule has 0 aliphatic carbocycles. The number of hydrogen-bond donors (Lipinski definition) is 1. The van der Waals surface area contributed by atoms with Gasteiger partial charge in [-0.05, 0) is 12.1 Å². The molecule has 2 aliphatic heterocycles. The van der Waals surface area contributed by atoms with Crippen LogP contribution in [0.2, 0.25) is 0 Å². The minimum absolute atomic E-state index is 0.0409. The van der Waals surface area contributed by atoms with Gasteiger partial charge in [-0.15, -0.1) is 0 Å². The van der Waals surface area contributed by atoms with Crippen molar-refractivity contribution in [2.75, 3.05) is 37.7 Å². The van der Waals surface area contributed by atoms with Gasteiger partial charge in [-0.3, -0.25) is 0 Å². The van der Waals surface area contributed by atoms with Gasteiger partial charge in [0.15, 0.2) is 11.5 Å². The lowest BCUT2D eigenvalue weighted by Crippen LogP contribution is -2.48. The van der Waals surface area contributed by atoms with Gasteiger partial charge < -0.3 is 19.7 Å². The van der Waals surface area contributed by atoms with E-state index >= 15 is 0 Å². The second-order valence-corrected chi connectivity index (χ2v) is 4.64. The highest BCUT2D eigenvalue weighted by Crippen LogP contribution is 2.40. The zero-order valence-corrected chi connectivity index (χ0v) is 10.2. The maximum atomic E-state index is 6.33. The normalized spacial score (nSPS) is 23.6. The summed E-state index contributed by atoms with van der Waals surface area (Å²) in [7, 11) is 0. The molecule has 1 fully saturated rings. The van der Waals surface area contributed by atoms with E-state index in [9.17, 15) is 0 Å². The van der Waals surface area contributed by atoms with E-state index in [0.29, 0.717) is 13.2 Å². The van der Waals surface area contributed by atoms with Crippen LogP contribution in [-0.2, 0) is 0 Å². The first-order valence-corrected chi connectivity index (χ1v) is 6.30. The van der Waals surface area contributed by atoms with Crippen LogP contribution in [-0.4, -0.2) is 38.3 Å². The van der Waals surface area contributed by atoms with Crippen LogP contribution >= 0.6 is 11.6 Å². The van der Waals surface area contributed by atoms with Crippen molar-refractivity contribution in [3.8, 4) is 11.5 Å². The summed E-state index contributed by atoms with van der Waals surface area (Å²) in [5.74, 6) is 1.64. The van der Waals surface area contributed by atoms with Crippen molar-refractivity contribution in [1.82, 2.24) is 5.32 Å². The van der Waals surface area contributed by atoms with E-state index in [1.807, 2.05) is 18.2 Å². The summed E-state index contributed by atoms with van der Waals surface area (Å²) in [6, 6.07) is 5.95. The molecule has 1 unspecified atom stereocenters. The number of halogens is 1. The van der Waals surface area contributed by atoms with Crippen molar-refractivity contribution < 1.29 is 9.47 Å². The van der Waals surface area contributed by atoms with Gasteiger partial charge >= 0.3 is 0 Å². The van der Waals surface area contributed by atoms with Crippen LogP contribution < -0.4 is 19.7 Å². The maximum absolute atomic E-state index is 6.33. The molecule has 1 N–H and O–H groups in total. The number of anilines is 1. The predicted molar refractivity (Wildman–Crippen MR) is 67.3 cm³/mol. The molecule has 1 atom stereocenters. The Bertz CT molecular complexity index is 413. The second kappa shape index (κ2) is 4.63. The summed E-state index contributed by atoms with van der Waals surface area (Å²) in [4.78, 5) is 2.16. The quantitative estimate of drug-likeness (QED) is 0.607. The number of ether oxygens (including phenoxy) is 2. The zero-order chi connectivity index (χ0) is 11.7. The topological polar surface area (TPSA) is 33.7 Å². The standard InChI is InChI=1S/C12H15ClN2O2/c13-11-8-14-4-5-15(11)9-2-1-3-10-12(9)17-7-6-16-10/h1-3,11,14H,4-8H2. The highest BCUT2D eigenvalue weighted by Gasteiger charge is 2.25. The van der Waals surface area contributed by atoms with Crippen molar-refractivity contribution in [3.63, 3.8) is 0 Å². The molecule has 1 saturated heterocycles. The highest BCUT2D eigenvalue weighted by atomic mass is 35.5. The molecule has 0 aromatic heterocycles. The van der Waals surface area contributed by atoms with Crippen LogP contribution in [0.15, 0.2) is 18.2 Å².